The fraction of sp³-hybridized carbons (Fsp3) is 0.867. The van der Waals surface area contributed by atoms with Gasteiger partial charge < -0.3 is 9.84 Å². The molecule has 0 aromatic rings. The molecule has 2 aliphatic heterocycles. The summed E-state index contributed by atoms with van der Waals surface area (Å²) in [5.74, 6) is 1.33. The molecule has 0 radical (unpaired) electrons. The van der Waals surface area contributed by atoms with Crippen LogP contribution in [0.15, 0.2) is 12.7 Å². The number of hydrogen-bond donors (Lipinski definition) is 1. The van der Waals surface area contributed by atoms with Gasteiger partial charge in [0.1, 0.15) is 12.3 Å². The van der Waals surface area contributed by atoms with Gasteiger partial charge in [0.05, 0.1) is 12.1 Å². The van der Waals surface area contributed by atoms with Crippen LogP contribution in [0.2, 0.25) is 0 Å². The van der Waals surface area contributed by atoms with Crippen molar-refractivity contribution in [1.29, 1.82) is 0 Å². The van der Waals surface area contributed by atoms with Crippen LogP contribution in [0, 0.1) is 11.8 Å². The molecule has 1 saturated carbocycles. The summed E-state index contributed by atoms with van der Waals surface area (Å²) in [6.45, 7) is 10.8. The third-order valence-corrected chi connectivity index (χ3v) is 5.42. The van der Waals surface area contributed by atoms with Gasteiger partial charge in [-0.1, -0.05) is 19.4 Å². The van der Waals surface area contributed by atoms with Crippen LogP contribution in [0.4, 0.5) is 0 Å². The minimum Gasteiger partial charge on any atom is -0.387 e. The second kappa shape index (κ2) is 4.06. The quantitative estimate of drug-likeness (QED) is 0.725. The maximum atomic E-state index is 10.2. The Balaban J connectivity index is 1.87. The van der Waals surface area contributed by atoms with Gasteiger partial charge in [-0.2, -0.15) is 0 Å². The molecule has 3 fully saturated rings. The number of fused-ring (bicyclic) bond motifs is 2. The minimum atomic E-state index is -0.403. The summed E-state index contributed by atoms with van der Waals surface area (Å²) in [5.41, 5.74) is 0.103. The number of aliphatic hydroxyl groups excluding tert-OH is 1. The van der Waals surface area contributed by atoms with Crippen molar-refractivity contribution in [2.45, 2.75) is 70.1 Å². The maximum Gasteiger partial charge on any atom is 0.140 e. The summed E-state index contributed by atoms with van der Waals surface area (Å²) in [5, 5.41) is 10.2. The van der Waals surface area contributed by atoms with E-state index < -0.39 is 6.10 Å². The van der Waals surface area contributed by atoms with E-state index in [0.29, 0.717) is 12.0 Å². The summed E-state index contributed by atoms with van der Waals surface area (Å²) in [6, 6.07) is 0.0605. The van der Waals surface area contributed by atoms with Gasteiger partial charge in [0.2, 0.25) is 0 Å². The largest absolute Gasteiger partial charge is 0.387 e. The average molecular weight is 251 g/mol. The number of hydrogen-bond acceptors (Lipinski definition) is 3. The summed E-state index contributed by atoms with van der Waals surface area (Å²) in [7, 11) is 0. The highest BCUT2D eigenvalue weighted by Crippen LogP contribution is 2.50. The van der Waals surface area contributed by atoms with Gasteiger partial charge in [-0.15, -0.1) is 6.58 Å². The average Bonchev–Trinajstić information content (AvgIpc) is 2.31. The molecule has 102 valence electrons. The lowest BCUT2D eigenvalue weighted by molar-refractivity contribution is -0.330. The SMILES string of the molecule is C=C[C@H]1[C@@H](O)[C@@H]2O[C@@H]3C[C@H](C)CC[C@H]3C(C)(C)N12. The molecule has 18 heavy (non-hydrogen) atoms. The summed E-state index contributed by atoms with van der Waals surface area (Å²) < 4.78 is 6.17. The molecule has 0 bridgehead atoms. The van der Waals surface area contributed by atoms with Crippen LogP contribution in [0.1, 0.15) is 40.0 Å². The highest BCUT2D eigenvalue weighted by molar-refractivity contribution is 5.15. The normalized spacial score (nSPS) is 50.9. The van der Waals surface area contributed by atoms with E-state index in [1.807, 2.05) is 6.08 Å². The molecule has 6 atom stereocenters. The van der Waals surface area contributed by atoms with Gasteiger partial charge in [0.15, 0.2) is 0 Å². The van der Waals surface area contributed by atoms with Crippen molar-refractivity contribution in [2.24, 2.45) is 11.8 Å². The lowest BCUT2D eigenvalue weighted by atomic mass is 9.67. The van der Waals surface area contributed by atoms with Crippen LogP contribution in [-0.2, 0) is 4.74 Å². The Labute approximate surface area is 110 Å². The van der Waals surface area contributed by atoms with E-state index in [9.17, 15) is 5.11 Å². The molecule has 0 spiro atoms. The van der Waals surface area contributed by atoms with Crippen LogP contribution < -0.4 is 0 Å². The minimum absolute atomic E-state index is 0.0605. The molecule has 3 aliphatic rings. The fourth-order valence-electron chi connectivity index (χ4n) is 4.33. The van der Waals surface area contributed by atoms with E-state index in [1.54, 1.807) is 0 Å². The fourth-order valence-corrected chi connectivity index (χ4v) is 4.33. The van der Waals surface area contributed by atoms with E-state index >= 15 is 0 Å². The van der Waals surface area contributed by atoms with Gasteiger partial charge in [-0.25, -0.2) is 0 Å². The van der Waals surface area contributed by atoms with Crippen LogP contribution in [0.5, 0.6) is 0 Å². The molecule has 0 amide bonds. The van der Waals surface area contributed by atoms with Crippen LogP contribution in [-0.4, -0.2) is 40.0 Å². The van der Waals surface area contributed by atoms with E-state index in [0.717, 1.165) is 12.3 Å². The Hall–Kier alpha value is -0.380. The van der Waals surface area contributed by atoms with Crippen LogP contribution >= 0.6 is 0 Å². The molecule has 0 unspecified atom stereocenters. The molecular formula is C15H25NO2. The Morgan fingerprint density at radius 1 is 1.39 bits per heavy atom. The monoisotopic (exact) mass is 251 g/mol. The smallest absolute Gasteiger partial charge is 0.140 e. The molecule has 0 aromatic carbocycles. The Kier molecular flexibility index (Phi) is 2.85. The predicted octanol–water partition coefficient (Wildman–Crippen LogP) is 2.16. The third kappa shape index (κ3) is 1.54. The molecule has 2 heterocycles. The number of ether oxygens (including phenoxy) is 1. The first-order chi connectivity index (χ1) is 8.46. The molecule has 1 N–H and O–H groups in total. The second-order valence-corrected chi connectivity index (χ2v) is 6.87. The molecular weight excluding hydrogens is 226 g/mol. The van der Waals surface area contributed by atoms with Gasteiger partial charge >= 0.3 is 0 Å². The second-order valence-electron chi connectivity index (χ2n) is 6.87. The van der Waals surface area contributed by atoms with E-state index in [2.05, 4.69) is 32.3 Å². The van der Waals surface area contributed by atoms with Crippen molar-refractivity contribution in [3.63, 3.8) is 0 Å². The first-order valence-electron chi connectivity index (χ1n) is 7.21. The van der Waals surface area contributed by atoms with Gasteiger partial charge in [-0.3, -0.25) is 4.90 Å². The standard InChI is InChI=1S/C15H25NO2/c1-5-11-13(17)14-16(11)15(3,4)10-7-6-9(2)8-12(10)18-14/h5,9-14,17H,1,6-8H2,2-4H3/t9-,10-,11+,12-,13-,14+/m1/s1. The molecule has 3 nitrogen and oxygen atoms in total. The zero-order valence-electron chi connectivity index (χ0n) is 11.7. The van der Waals surface area contributed by atoms with Crippen LogP contribution in [0.25, 0.3) is 0 Å². The molecule has 2 saturated heterocycles. The lowest BCUT2D eigenvalue weighted by Gasteiger charge is -2.66. The summed E-state index contributed by atoms with van der Waals surface area (Å²) >= 11 is 0. The molecule has 3 rings (SSSR count). The van der Waals surface area contributed by atoms with E-state index in [4.69, 9.17) is 4.74 Å². The number of rotatable bonds is 1. The number of aliphatic hydroxyl groups is 1. The first-order valence-corrected chi connectivity index (χ1v) is 7.21. The van der Waals surface area contributed by atoms with Crippen molar-refractivity contribution in [3.8, 4) is 0 Å². The summed E-state index contributed by atoms with van der Waals surface area (Å²) in [6.07, 6.45) is 5.34. The first kappa shape index (κ1) is 12.6. The molecule has 0 aromatic heterocycles. The van der Waals surface area contributed by atoms with Crippen molar-refractivity contribution < 1.29 is 9.84 Å². The zero-order valence-corrected chi connectivity index (χ0v) is 11.7. The molecule has 3 heteroatoms. The Morgan fingerprint density at radius 2 is 2.11 bits per heavy atom. The van der Waals surface area contributed by atoms with Gasteiger partial charge in [-0.05, 0) is 32.6 Å². The van der Waals surface area contributed by atoms with E-state index in [-0.39, 0.29) is 17.8 Å². The maximum absolute atomic E-state index is 10.2. The Bertz CT molecular complexity index is 354. The van der Waals surface area contributed by atoms with E-state index in [1.165, 1.54) is 12.8 Å². The van der Waals surface area contributed by atoms with Gasteiger partial charge in [0, 0.05) is 11.5 Å². The van der Waals surface area contributed by atoms with Crippen molar-refractivity contribution in [1.82, 2.24) is 4.90 Å². The Morgan fingerprint density at radius 3 is 2.78 bits per heavy atom. The zero-order chi connectivity index (χ0) is 13.1. The predicted molar refractivity (Wildman–Crippen MR) is 71.1 cm³/mol. The van der Waals surface area contributed by atoms with Gasteiger partial charge in [0.25, 0.3) is 0 Å². The van der Waals surface area contributed by atoms with Crippen LogP contribution in [0.3, 0.4) is 0 Å². The lowest BCUT2D eigenvalue weighted by Crippen LogP contribution is -2.79. The summed E-state index contributed by atoms with van der Waals surface area (Å²) in [4.78, 5) is 2.32. The van der Waals surface area contributed by atoms with Crippen molar-refractivity contribution in [2.75, 3.05) is 0 Å². The van der Waals surface area contributed by atoms with Crippen molar-refractivity contribution in [3.05, 3.63) is 12.7 Å². The number of nitrogens with zero attached hydrogens (tertiary/aromatic N) is 1. The third-order valence-electron chi connectivity index (χ3n) is 5.42. The van der Waals surface area contributed by atoms with Crippen molar-refractivity contribution >= 4 is 0 Å². The molecule has 1 aliphatic carbocycles. The highest BCUT2D eigenvalue weighted by Gasteiger charge is 2.61. The highest BCUT2D eigenvalue weighted by atomic mass is 16.5. The topological polar surface area (TPSA) is 32.7 Å².